The zero-order chi connectivity index (χ0) is 14.9. The van der Waals surface area contributed by atoms with Crippen molar-refractivity contribution in [1.29, 1.82) is 0 Å². The average molecular weight is 296 g/mol. The third kappa shape index (κ3) is 2.92. The lowest BCUT2D eigenvalue weighted by Crippen LogP contribution is -2.34. The van der Waals surface area contributed by atoms with Crippen molar-refractivity contribution in [1.82, 2.24) is 0 Å². The molecule has 0 atom stereocenters. The minimum absolute atomic E-state index is 0.413. The van der Waals surface area contributed by atoms with Crippen molar-refractivity contribution in [2.75, 3.05) is 23.7 Å². The quantitative estimate of drug-likeness (QED) is 0.871. The molecule has 0 bridgehead atoms. The molecular formula is C15H24N2O2S. The number of benzene rings is 1. The average Bonchev–Trinajstić information content (AvgIpc) is 2.39. The largest absolute Gasteiger partial charge is 0.399 e. The Balaban J connectivity index is 2.44. The molecule has 0 unspecified atom stereocenters. The zero-order valence-electron chi connectivity index (χ0n) is 12.5. The SMILES string of the molecule is CC1CCN(c2cc(N)ccc2S(=O)(=O)C(C)C)CC1. The standard InChI is InChI=1S/C15H24N2O2S/c1-11(2)20(18,19)15-5-4-13(16)10-14(15)17-8-6-12(3)7-9-17/h4-5,10-12H,6-9,16H2,1-3H3. The van der Waals surface area contributed by atoms with Crippen LogP contribution in [0, 0.1) is 5.92 Å². The fourth-order valence-corrected chi connectivity index (χ4v) is 3.77. The van der Waals surface area contributed by atoms with Crippen molar-refractivity contribution in [3.63, 3.8) is 0 Å². The first-order valence-electron chi connectivity index (χ1n) is 7.20. The lowest BCUT2D eigenvalue weighted by molar-refractivity contribution is 0.437. The molecule has 0 spiro atoms. The van der Waals surface area contributed by atoms with E-state index in [4.69, 9.17) is 5.73 Å². The first kappa shape index (κ1) is 15.2. The van der Waals surface area contributed by atoms with Crippen molar-refractivity contribution in [2.45, 2.75) is 43.8 Å². The van der Waals surface area contributed by atoms with Gasteiger partial charge in [-0.25, -0.2) is 8.42 Å². The minimum Gasteiger partial charge on any atom is -0.399 e. The van der Waals surface area contributed by atoms with Crippen LogP contribution >= 0.6 is 0 Å². The summed E-state index contributed by atoms with van der Waals surface area (Å²) in [7, 11) is -3.28. The van der Waals surface area contributed by atoms with E-state index in [1.54, 1.807) is 32.0 Å². The fourth-order valence-electron chi connectivity index (χ4n) is 2.53. The monoisotopic (exact) mass is 296 g/mol. The maximum atomic E-state index is 12.5. The Hall–Kier alpha value is -1.23. The molecule has 0 aromatic heterocycles. The van der Waals surface area contributed by atoms with Crippen LogP contribution in [0.2, 0.25) is 0 Å². The molecule has 1 aromatic rings. The van der Waals surface area contributed by atoms with Crippen LogP contribution in [0.15, 0.2) is 23.1 Å². The van der Waals surface area contributed by atoms with E-state index in [0.29, 0.717) is 16.5 Å². The summed E-state index contributed by atoms with van der Waals surface area (Å²) in [6, 6.07) is 5.12. The second kappa shape index (κ2) is 5.64. The molecule has 0 radical (unpaired) electrons. The lowest BCUT2D eigenvalue weighted by Gasteiger charge is -2.33. The van der Waals surface area contributed by atoms with Crippen LogP contribution in [-0.2, 0) is 9.84 Å². The van der Waals surface area contributed by atoms with Crippen molar-refractivity contribution in [2.24, 2.45) is 5.92 Å². The van der Waals surface area contributed by atoms with Gasteiger partial charge in [0.1, 0.15) is 0 Å². The maximum Gasteiger partial charge on any atom is 0.182 e. The van der Waals surface area contributed by atoms with Crippen LogP contribution in [0.3, 0.4) is 0 Å². The highest BCUT2D eigenvalue weighted by Crippen LogP contribution is 2.32. The van der Waals surface area contributed by atoms with Gasteiger partial charge in [0, 0.05) is 18.8 Å². The molecule has 1 aliphatic rings. The van der Waals surface area contributed by atoms with E-state index >= 15 is 0 Å². The van der Waals surface area contributed by atoms with E-state index in [-0.39, 0.29) is 0 Å². The number of nitrogens with two attached hydrogens (primary N) is 1. The Morgan fingerprint density at radius 3 is 2.40 bits per heavy atom. The molecule has 0 saturated carbocycles. The van der Waals surface area contributed by atoms with E-state index in [1.807, 2.05) is 0 Å². The highest BCUT2D eigenvalue weighted by atomic mass is 32.2. The van der Waals surface area contributed by atoms with Gasteiger partial charge in [-0.15, -0.1) is 0 Å². The molecule has 1 saturated heterocycles. The topological polar surface area (TPSA) is 63.4 Å². The summed E-state index contributed by atoms with van der Waals surface area (Å²) >= 11 is 0. The second-order valence-electron chi connectivity index (χ2n) is 5.99. The molecule has 1 fully saturated rings. The van der Waals surface area contributed by atoms with Crippen LogP contribution < -0.4 is 10.6 Å². The van der Waals surface area contributed by atoms with Crippen LogP contribution in [0.4, 0.5) is 11.4 Å². The highest BCUT2D eigenvalue weighted by molar-refractivity contribution is 7.92. The lowest BCUT2D eigenvalue weighted by atomic mass is 9.99. The number of piperidine rings is 1. The second-order valence-corrected chi connectivity index (χ2v) is 8.46. The minimum atomic E-state index is -3.28. The summed E-state index contributed by atoms with van der Waals surface area (Å²) in [4.78, 5) is 2.57. The maximum absolute atomic E-state index is 12.5. The number of nitrogens with zero attached hydrogens (tertiary/aromatic N) is 1. The van der Waals surface area contributed by atoms with Crippen molar-refractivity contribution in [3.05, 3.63) is 18.2 Å². The summed E-state index contributed by atoms with van der Waals surface area (Å²) < 4.78 is 25.0. The third-order valence-electron chi connectivity index (χ3n) is 4.03. The van der Waals surface area contributed by atoms with Gasteiger partial charge in [0.05, 0.1) is 15.8 Å². The molecule has 0 amide bonds. The van der Waals surface area contributed by atoms with E-state index in [2.05, 4.69) is 11.8 Å². The molecule has 2 rings (SSSR count). The molecule has 5 heteroatoms. The summed E-state index contributed by atoms with van der Waals surface area (Å²) in [5.74, 6) is 0.706. The first-order valence-corrected chi connectivity index (χ1v) is 8.75. The van der Waals surface area contributed by atoms with Crippen LogP contribution in [-0.4, -0.2) is 26.8 Å². The molecular weight excluding hydrogens is 272 g/mol. The number of rotatable bonds is 3. The number of anilines is 2. The van der Waals surface area contributed by atoms with Gasteiger partial charge in [0.25, 0.3) is 0 Å². The third-order valence-corrected chi connectivity index (χ3v) is 6.23. The van der Waals surface area contributed by atoms with Gasteiger partial charge in [-0.1, -0.05) is 6.92 Å². The van der Waals surface area contributed by atoms with Gasteiger partial charge in [0.15, 0.2) is 9.84 Å². The van der Waals surface area contributed by atoms with E-state index < -0.39 is 15.1 Å². The van der Waals surface area contributed by atoms with E-state index in [9.17, 15) is 8.42 Å². The number of hydrogen-bond donors (Lipinski definition) is 1. The van der Waals surface area contributed by atoms with Gasteiger partial charge in [-0.3, -0.25) is 0 Å². The number of hydrogen-bond acceptors (Lipinski definition) is 4. The summed E-state index contributed by atoms with van der Waals surface area (Å²) in [6.07, 6.45) is 2.19. The molecule has 112 valence electrons. The summed E-state index contributed by atoms with van der Waals surface area (Å²) in [6.45, 7) is 7.46. The van der Waals surface area contributed by atoms with Gasteiger partial charge in [-0.05, 0) is 50.8 Å². The Morgan fingerprint density at radius 2 is 1.85 bits per heavy atom. The summed E-state index contributed by atoms with van der Waals surface area (Å²) in [5, 5.41) is -0.423. The molecule has 20 heavy (non-hydrogen) atoms. The van der Waals surface area contributed by atoms with Crippen molar-refractivity contribution < 1.29 is 8.42 Å². The normalized spacial score (nSPS) is 17.7. The molecule has 1 aliphatic heterocycles. The highest BCUT2D eigenvalue weighted by Gasteiger charge is 2.26. The number of sulfone groups is 1. The van der Waals surface area contributed by atoms with Gasteiger partial charge in [-0.2, -0.15) is 0 Å². The van der Waals surface area contributed by atoms with E-state index in [0.717, 1.165) is 31.6 Å². The molecule has 0 aliphatic carbocycles. The van der Waals surface area contributed by atoms with E-state index in [1.165, 1.54) is 0 Å². The Labute approximate surface area is 121 Å². The Bertz CT molecular complexity index is 574. The van der Waals surface area contributed by atoms with Crippen LogP contribution in [0.1, 0.15) is 33.6 Å². The van der Waals surface area contributed by atoms with Gasteiger partial charge < -0.3 is 10.6 Å². The number of nitrogen functional groups attached to an aromatic ring is 1. The first-order chi connectivity index (χ1) is 9.32. The van der Waals surface area contributed by atoms with Crippen LogP contribution in [0.5, 0.6) is 0 Å². The zero-order valence-corrected chi connectivity index (χ0v) is 13.3. The molecule has 1 aromatic carbocycles. The van der Waals surface area contributed by atoms with Crippen LogP contribution in [0.25, 0.3) is 0 Å². The van der Waals surface area contributed by atoms with Crippen molar-refractivity contribution in [3.8, 4) is 0 Å². The smallest absolute Gasteiger partial charge is 0.182 e. The van der Waals surface area contributed by atoms with Crippen molar-refractivity contribution >= 4 is 21.2 Å². The fraction of sp³-hybridized carbons (Fsp3) is 0.600. The van der Waals surface area contributed by atoms with Gasteiger partial charge >= 0.3 is 0 Å². The summed E-state index contributed by atoms with van der Waals surface area (Å²) in [5.41, 5.74) is 7.24. The Kier molecular flexibility index (Phi) is 4.28. The molecule has 4 nitrogen and oxygen atoms in total. The van der Waals surface area contributed by atoms with Gasteiger partial charge in [0.2, 0.25) is 0 Å². The molecule has 2 N–H and O–H groups in total. The predicted molar refractivity (Wildman–Crippen MR) is 83.8 cm³/mol. The predicted octanol–water partition coefficient (Wildman–Crippen LogP) is 2.69. The molecule has 1 heterocycles. The Morgan fingerprint density at radius 1 is 1.25 bits per heavy atom.